The summed E-state index contributed by atoms with van der Waals surface area (Å²) in [7, 11) is 0. The first kappa shape index (κ1) is 27.0. The van der Waals surface area contributed by atoms with Crippen molar-refractivity contribution in [1.82, 2.24) is 9.97 Å². The highest BCUT2D eigenvalue weighted by Crippen LogP contribution is 2.49. The van der Waals surface area contributed by atoms with Crippen LogP contribution >= 0.6 is 0 Å². The Morgan fingerprint density at radius 2 is 0.804 bits per heavy atom. The molecule has 46 heavy (non-hydrogen) atoms. The highest BCUT2D eigenvalue weighted by atomic mass is 14.7. The zero-order chi connectivity index (χ0) is 31.2. The lowest BCUT2D eigenvalue weighted by Gasteiger charge is -2.21. The number of hydrogen-bond donors (Lipinski definition) is 0. The molecule has 0 spiro atoms. The van der Waals surface area contributed by atoms with Crippen molar-refractivity contribution in [3.63, 3.8) is 0 Å². The average molecular weight is 591 g/mol. The quantitative estimate of drug-likeness (QED) is 0.205. The first-order chi connectivity index (χ1) is 22.3. The Bertz CT molecular complexity index is 2360. The molecule has 0 aliphatic heterocycles. The summed E-state index contributed by atoms with van der Waals surface area (Å²) in [4.78, 5) is 10.5. The lowest BCUT2D eigenvalue weighted by Crippen LogP contribution is -2.14. The summed E-state index contributed by atoms with van der Waals surface area (Å²) in [5.41, 5.74) is 16.6. The van der Waals surface area contributed by atoms with E-state index in [1.807, 2.05) is 0 Å². The summed E-state index contributed by atoms with van der Waals surface area (Å²) in [6.07, 6.45) is 0. The number of nitrogens with zero attached hydrogens (tertiary/aromatic N) is 2. The molecule has 2 heteroatoms. The van der Waals surface area contributed by atoms with E-state index in [1.165, 1.54) is 55.3 Å². The maximum Gasteiger partial charge on any atom is 0.0753 e. The molecule has 0 unspecified atom stereocenters. The predicted octanol–water partition coefficient (Wildman–Crippen LogP) is 11.2. The normalized spacial score (nSPS) is 14.9. The van der Waals surface area contributed by atoms with E-state index < -0.39 is 0 Å². The standard InChI is InChI=1S/C44H34N2/c1-43(2)35-15-9-7-13-33(35)41-37(43)23-25-39(45-41)28-19-17-27(18-20-28)29-21-22-32(31-12-6-5-11-30(29)31)40-26-24-38-42(46-40)34-14-8-10-16-36(34)44(38,3)4/h5-26H,1-4H3. The van der Waals surface area contributed by atoms with E-state index in [2.05, 4.69) is 161 Å². The second-order valence-corrected chi connectivity index (χ2v) is 13.8. The van der Waals surface area contributed by atoms with E-state index in [-0.39, 0.29) is 10.8 Å². The molecular weight excluding hydrogens is 556 g/mol. The number of pyridine rings is 2. The van der Waals surface area contributed by atoms with Crippen molar-refractivity contribution < 1.29 is 0 Å². The fourth-order valence-electron chi connectivity index (χ4n) is 8.00. The number of fused-ring (bicyclic) bond motifs is 7. The number of rotatable bonds is 3. The van der Waals surface area contributed by atoms with Gasteiger partial charge in [0, 0.05) is 33.1 Å². The molecule has 0 N–H and O–H groups in total. The molecule has 2 aliphatic carbocycles. The molecule has 2 aliphatic rings. The van der Waals surface area contributed by atoms with E-state index in [4.69, 9.17) is 9.97 Å². The molecular formula is C44H34N2. The second-order valence-electron chi connectivity index (χ2n) is 13.8. The molecule has 9 rings (SSSR count). The molecule has 7 aromatic rings. The van der Waals surface area contributed by atoms with Gasteiger partial charge in [-0.05, 0) is 56.3 Å². The first-order valence-electron chi connectivity index (χ1n) is 16.2. The number of benzene rings is 5. The maximum absolute atomic E-state index is 5.30. The summed E-state index contributed by atoms with van der Waals surface area (Å²) in [6, 6.07) is 48.4. The summed E-state index contributed by atoms with van der Waals surface area (Å²) in [5, 5.41) is 2.44. The van der Waals surface area contributed by atoms with Crippen molar-refractivity contribution in [3.05, 3.63) is 156 Å². The zero-order valence-electron chi connectivity index (χ0n) is 26.6. The highest BCUT2D eigenvalue weighted by molar-refractivity contribution is 6.04. The third-order valence-corrected chi connectivity index (χ3v) is 10.5. The van der Waals surface area contributed by atoms with Crippen molar-refractivity contribution in [1.29, 1.82) is 0 Å². The highest BCUT2D eigenvalue weighted by Gasteiger charge is 2.37. The van der Waals surface area contributed by atoms with Crippen LogP contribution in [0, 0.1) is 0 Å². The van der Waals surface area contributed by atoms with Crippen molar-refractivity contribution in [2.24, 2.45) is 0 Å². The molecule has 2 aromatic heterocycles. The number of aromatic nitrogens is 2. The predicted molar refractivity (Wildman–Crippen MR) is 191 cm³/mol. The van der Waals surface area contributed by atoms with Gasteiger partial charge in [0.05, 0.1) is 22.8 Å². The molecule has 0 atom stereocenters. The largest absolute Gasteiger partial charge is 0.247 e. The van der Waals surface area contributed by atoms with Crippen LogP contribution in [0.1, 0.15) is 49.9 Å². The van der Waals surface area contributed by atoms with Gasteiger partial charge in [-0.2, -0.15) is 0 Å². The van der Waals surface area contributed by atoms with Crippen molar-refractivity contribution in [2.75, 3.05) is 0 Å². The second kappa shape index (κ2) is 9.58. The third kappa shape index (κ3) is 3.77. The van der Waals surface area contributed by atoms with Gasteiger partial charge >= 0.3 is 0 Å². The monoisotopic (exact) mass is 590 g/mol. The smallest absolute Gasteiger partial charge is 0.0753 e. The van der Waals surface area contributed by atoms with E-state index in [1.54, 1.807) is 0 Å². The van der Waals surface area contributed by atoms with Gasteiger partial charge in [0.2, 0.25) is 0 Å². The Morgan fingerprint density at radius 3 is 1.41 bits per heavy atom. The molecule has 0 bridgehead atoms. The SMILES string of the molecule is CC1(C)c2ccccc2-c2nc(-c3ccc(-c4ccc(-c5ccc6c(n5)-c5ccccc5C6(C)C)c5ccccc45)cc3)ccc21. The molecule has 5 aromatic carbocycles. The summed E-state index contributed by atoms with van der Waals surface area (Å²) < 4.78 is 0. The van der Waals surface area contributed by atoms with Gasteiger partial charge in [-0.15, -0.1) is 0 Å². The van der Waals surface area contributed by atoms with Gasteiger partial charge in [0.1, 0.15) is 0 Å². The molecule has 0 radical (unpaired) electrons. The molecule has 0 saturated carbocycles. The fraction of sp³-hybridized carbons (Fsp3) is 0.136. The van der Waals surface area contributed by atoms with Crippen molar-refractivity contribution in [3.8, 4) is 56.2 Å². The molecule has 2 heterocycles. The van der Waals surface area contributed by atoms with Crippen LogP contribution in [0.15, 0.2) is 133 Å². The van der Waals surface area contributed by atoms with Gasteiger partial charge in [-0.1, -0.05) is 149 Å². The summed E-state index contributed by atoms with van der Waals surface area (Å²) in [5.74, 6) is 0. The molecule has 2 nitrogen and oxygen atoms in total. The Morgan fingerprint density at radius 1 is 0.348 bits per heavy atom. The zero-order valence-corrected chi connectivity index (χ0v) is 26.6. The molecule has 0 amide bonds. The van der Waals surface area contributed by atoms with Crippen LogP contribution in [0.3, 0.4) is 0 Å². The van der Waals surface area contributed by atoms with Crippen LogP contribution in [-0.2, 0) is 10.8 Å². The average Bonchev–Trinajstić information content (AvgIpc) is 3.47. The Labute approximate surface area is 270 Å². The topological polar surface area (TPSA) is 25.8 Å². The van der Waals surface area contributed by atoms with Gasteiger partial charge in [0.15, 0.2) is 0 Å². The van der Waals surface area contributed by atoms with Gasteiger partial charge in [-0.3, -0.25) is 0 Å². The van der Waals surface area contributed by atoms with Crippen LogP contribution in [0.4, 0.5) is 0 Å². The van der Waals surface area contributed by atoms with Crippen LogP contribution in [0.5, 0.6) is 0 Å². The lowest BCUT2D eigenvalue weighted by molar-refractivity contribution is 0.659. The van der Waals surface area contributed by atoms with Crippen LogP contribution in [-0.4, -0.2) is 9.97 Å². The van der Waals surface area contributed by atoms with E-state index in [0.717, 1.165) is 33.9 Å². The Balaban J connectivity index is 1.10. The summed E-state index contributed by atoms with van der Waals surface area (Å²) in [6.45, 7) is 9.19. The number of hydrogen-bond acceptors (Lipinski definition) is 2. The maximum atomic E-state index is 5.30. The molecule has 0 fully saturated rings. The third-order valence-electron chi connectivity index (χ3n) is 10.5. The van der Waals surface area contributed by atoms with Gasteiger partial charge in [-0.25, -0.2) is 9.97 Å². The van der Waals surface area contributed by atoms with E-state index >= 15 is 0 Å². The minimum absolute atomic E-state index is 0.0368. The molecule has 220 valence electrons. The minimum atomic E-state index is -0.0497. The first-order valence-corrected chi connectivity index (χ1v) is 16.2. The van der Waals surface area contributed by atoms with E-state index in [9.17, 15) is 0 Å². The van der Waals surface area contributed by atoms with Crippen molar-refractivity contribution in [2.45, 2.75) is 38.5 Å². The van der Waals surface area contributed by atoms with E-state index in [0.29, 0.717) is 0 Å². The van der Waals surface area contributed by atoms with Crippen LogP contribution < -0.4 is 0 Å². The fourth-order valence-corrected chi connectivity index (χ4v) is 8.00. The van der Waals surface area contributed by atoms with Crippen LogP contribution in [0.2, 0.25) is 0 Å². The van der Waals surface area contributed by atoms with Gasteiger partial charge < -0.3 is 0 Å². The lowest BCUT2D eigenvalue weighted by atomic mass is 9.83. The Hall–Kier alpha value is -5.34. The van der Waals surface area contributed by atoms with Crippen LogP contribution in [0.25, 0.3) is 66.9 Å². The molecule has 0 saturated heterocycles. The summed E-state index contributed by atoms with van der Waals surface area (Å²) >= 11 is 0. The minimum Gasteiger partial charge on any atom is -0.247 e. The van der Waals surface area contributed by atoms with Gasteiger partial charge in [0.25, 0.3) is 0 Å². The Kier molecular flexibility index (Phi) is 5.63. The van der Waals surface area contributed by atoms with Crippen molar-refractivity contribution >= 4 is 10.8 Å².